The first-order valence-electron chi connectivity index (χ1n) is 10.4. The summed E-state index contributed by atoms with van der Waals surface area (Å²) >= 11 is 9.61. The summed E-state index contributed by atoms with van der Waals surface area (Å²) in [6.07, 6.45) is 0. The van der Waals surface area contributed by atoms with Crippen molar-refractivity contribution in [1.82, 2.24) is 19.7 Å². The van der Waals surface area contributed by atoms with Crippen LogP contribution in [0, 0.1) is 0 Å². The van der Waals surface area contributed by atoms with Gasteiger partial charge in [-0.05, 0) is 11.6 Å². The predicted octanol–water partition coefficient (Wildman–Crippen LogP) is 5.23. The van der Waals surface area contributed by atoms with Gasteiger partial charge in [-0.15, -0.1) is 21.5 Å². The highest BCUT2D eigenvalue weighted by molar-refractivity contribution is 7.98. The molecule has 1 fully saturated rings. The minimum atomic E-state index is 0.713. The van der Waals surface area contributed by atoms with Crippen LogP contribution in [0.5, 0.6) is 0 Å². The summed E-state index contributed by atoms with van der Waals surface area (Å²) in [6.45, 7) is 3.80. The molecular formula is C23H22ClN5OS2. The molecule has 1 aliphatic heterocycles. The molecule has 2 aromatic heterocycles. The highest BCUT2D eigenvalue weighted by Gasteiger charge is 2.21. The van der Waals surface area contributed by atoms with E-state index in [2.05, 4.69) is 49.3 Å². The highest BCUT2D eigenvalue weighted by Crippen LogP contribution is 2.32. The number of morpholine rings is 1. The van der Waals surface area contributed by atoms with Crippen LogP contribution in [0.2, 0.25) is 5.02 Å². The van der Waals surface area contributed by atoms with Crippen LogP contribution in [0.25, 0.3) is 10.6 Å². The quantitative estimate of drug-likeness (QED) is 0.335. The van der Waals surface area contributed by atoms with E-state index in [1.807, 2.05) is 30.3 Å². The summed E-state index contributed by atoms with van der Waals surface area (Å²) in [6, 6.07) is 18.2. The zero-order chi connectivity index (χ0) is 21.8. The second kappa shape index (κ2) is 10.0. The van der Waals surface area contributed by atoms with E-state index in [1.54, 1.807) is 23.1 Å². The van der Waals surface area contributed by atoms with Crippen molar-refractivity contribution in [2.45, 2.75) is 17.5 Å². The number of benzene rings is 2. The maximum Gasteiger partial charge on any atom is 0.228 e. The van der Waals surface area contributed by atoms with E-state index in [-0.39, 0.29) is 0 Å². The molecule has 5 rings (SSSR count). The van der Waals surface area contributed by atoms with Crippen molar-refractivity contribution in [3.8, 4) is 10.6 Å². The minimum absolute atomic E-state index is 0.713. The van der Waals surface area contributed by atoms with Crippen LogP contribution in [0.15, 0.2) is 65.1 Å². The SMILES string of the molecule is Clc1ccccc1-c1nc(CSc2nnc(N3CCOCC3)n2Cc2ccccc2)cs1. The van der Waals surface area contributed by atoms with Gasteiger partial charge in [-0.25, -0.2) is 4.98 Å². The summed E-state index contributed by atoms with van der Waals surface area (Å²) < 4.78 is 7.72. The molecule has 0 radical (unpaired) electrons. The Balaban J connectivity index is 1.36. The first kappa shape index (κ1) is 21.5. The Labute approximate surface area is 200 Å². The summed E-state index contributed by atoms with van der Waals surface area (Å²) in [5.74, 6) is 1.62. The van der Waals surface area contributed by atoms with E-state index in [0.29, 0.717) is 13.2 Å². The van der Waals surface area contributed by atoms with Gasteiger partial charge in [0.25, 0.3) is 0 Å². The van der Waals surface area contributed by atoms with Crippen LogP contribution in [0.4, 0.5) is 5.95 Å². The highest BCUT2D eigenvalue weighted by atomic mass is 35.5. The molecule has 0 spiro atoms. The number of halogens is 1. The molecule has 0 amide bonds. The molecule has 1 aliphatic rings. The third-order valence-corrected chi connectivity index (χ3v) is 7.43. The predicted molar refractivity (Wildman–Crippen MR) is 131 cm³/mol. The Morgan fingerprint density at radius 1 is 1.00 bits per heavy atom. The Morgan fingerprint density at radius 3 is 2.59 bits per heavy atom. The number of nitrogens with zero attached hydrogens (tertiary/aromatic N) is 5. The number of thiazole rings is 1. The number of rotatable bonds is 7. The van der Waals surface area contributed by atoms with Gasteiger partial charge in [0.15, 0.2) is 5.16 Å². The average Bonchev–Trinajstić information content (AvgIpc) is 3.46. The molecule has 0 N–H and O–H groups in total. The third kappa shape index (κ3) is 4.83. The van der Waals surface area contributed by atoms with E-state index in [1.165, 1.54) is 5.56 Å². The van der Waals surface area contributed by atoms with Crippen LogP contribution in [-0.4, -0.2) is 46.1 Å². The van der Waals surface area contributed by atoms with Gasteiger partial charge in [-0.1, -0.05) is 71.9 Å². The van der Waals surface area contributed by atoms with Gasteiger partial charge < -0.3 is 9.64 Å². The number of ether oxygens (including phenoxy) is 1. The molecule has 1 saturated heterocycles. The van der Waals surface area contributed by atoms with E-state index >= 15 is 0 Å². The fraction of sp³-hybridized carbons (Fsp3) is 0.261. The summed E-state index contributed by atoms with van der Waals surface area (Å²) in [4.78, 5) is 7.05. The zero-order valence-corrected chi connectivity index (χ0v) is 19.7. The topological polar surface area (TPSA) is 56.1 Å². The van der Waals surface area contributed by atoms with Gasteiger partial charge in [0.2, 0.25) is 5.95 Å². The van der Waals surface area contributed by atoms with E-state index in [0.717, 1.165) is 57.8 Å². The monoisotopic (exact) mass is 483 g/mol. The molecule has 0 atom stereocenters. The Bertz CT molecular complexity index is 1170. The van der Waals surface area contributed by atoms with Crippen LogP contribution in [-0.2, 0) is 17.0 Å². The maximum absolute atomic E-state index is 6.34. The van der Waals surface area contributed by atoms with Crippen LogP contribution >= 0.6 is 34.7 Å². The summed E-state index contributed by atoms with van der Waals surface area (Å²) in [7, 11) is 0. The normalized spacial score (nSPS) is 14.1. The van der Waals surface area contributed by atoms with E-state index in [4.69, 9.17) is 21.3 Å². The number of hydrogen-bond donors (Lipinski definition) is 0. The minimum Gasteiger partial charge on any atom is -0.378 e. The lowest BCUT2D eigenvalue weighted by Gasteiger charge is -2.28. The van der Waals surface area contributed by atoms with Crippen molar-refractivity contribution in [2.75, 3.05) is 31.2 Å². The number of aromatic nitrogens is 4. The van der Waals surface area contributed by atoms with Gasteiger partial charge in [-0.2, -0.15) is 0 Å². The second-order valence-electron chi connectivity index (χ2n) is 7.37. The molecule has 3 heterocycles. The molecular weight excluding hydrogens is 462 g/mol. The van der Waals surface area contributed by atoms with Crippen molar-refractivity contribution in [2.24, 2.45) is 0 Å². The second-order valence-corrected chi connectivity index (χ2v) is 9.57. The van der Waals surface area contributed by atoms with Crippen molar-refractivity contribution in [1.29, 1.82) is 0 Å². The Hall–Kier alpha value is -2.39. The van der Waals surface area contributed by atoms with Gasteiger partial charge in [-0.3, -0.25) is 4.57 Å². The maximum atomic E-state index is 6.34. The standard InChI is InChI=1S/C23H22ClN5OS2/c24-20-9-5-4-8-19(20)21-25-18(15-31-21)16-32-23-27-26-22(28-10-12-30-13-11-28)29(23)14-17-6-2-1-3-7-17/h1-9,15H,10-14,16H2. The molecule has 0 aliphatic carbocycles. The number of hydrogen-bond acceptors (Lipinski definition) is 7. The molecule has 0 unspecified atom stereocenters. The fourth-order valence-corrected chi connectivity index (χ4v) is 5.63. The molecule has 6 nitrogen and oxygen atoms in total. The molecule has 0 bridgehead atoms. The lowest BCUT2D eigenvalue weighted by molar-refractivity contribution is 0.121. The van der Waals surface area contributed by atoms with Crippen molar-refractivity contribution < 1.29 is 4.74 Å². The lowest BCUT2D eigenvalue weighted by Crippen LogP contribution is -2.38. The van der Waals surface area contributed by atoms with Gasteiger partial charge >= 0.3 is 0 Å². The van der Waals surface area contributed by atoms with E-state index < -0.39 is 0 Å². The molecule has 32 heavy (non-hydrogen) atoms. The van der Waals surface area contributed by atoms with Crippen LogP contribution in [0.1, 0.15) is 11.3 Å². The van der Waals surface area contributed by atoms with Gasteiger partial charge in [0.05, 0.1) is 30.5 Å². The third-order valence-electron chi connectivity index (χ3n) is 5.18. The van der Waals surface area contributed by atoms with Gasteiger partial charge in [0.1, 0.15) is 5.01 Å². The lowest BCUT2D eigenvalue weighted by atomic mass is 10.2. The van der Waals surface area contributed by atoms with Crippen LogP contribution in [0.3, 0.4) is 0 Å². The molecule has 9 heteroatoms. The molecule has 4 aromatic rings. The van der Waals surface area contributed by atoms with Crippen molar-refractivity contribution in [3.63, 3.8) is 0 Å². The number of anilines is 1. The largest absolute Gasteiger partial charge is 0.378 e. The van der Waals surface area contributed by atoms with E-state index in [9.17, 15) is 0 Å². The molecule has 0 saturated carbocycles. The average molecular weight is 484 g/mol. The van der Waals surface area contributed by atoms with Crippen LogP contribution < -0.4 is 4.90 Å². The zero-order valence-electron chi connectivity index (χ0n) is 17.4. The smallest absolute Gasteiger partial charge is 0.228 e. The van der Waals surface area contributed by atoms with Crippen molar-refractivity contribution >= 4 is 40.6 Å². The molecule has 2 aromatic carbocycles. The number of thioether (sulfide) groups is 1. The van der Waals surface area contributed by atoms with Crippen molar-refractivity contribution in [3.05, 3.63) is 76.3 Å². The Kier molecular flexibility index (Phi) is 6.73. The summed E-state index contributed by atoms with van der Waals surface area (Å²) in [5, 5.41) is 13.7. The van der Waals surface area contributed by atoms with Gasteiger partial charge in [0, 0.05) is 29.8 Å². The molecule has 164 valence electrons. The first-order chi connectivity index (χ1) is 15.8. The first-order valence-corrected chi connectivity index (χ1v) is 12.6. The Morgan fingerprint density at radius 2 is 1.78 bits per heavy atom. The summed E-state index contributed by atoms with van der Waals surface area (Å²) in [5.41, 5.74) is 3.20. The fourth-order valence-electron chi connectivity index (χ4n) is 3.56.